The number of ether oxygens (including phenoxy) is 1. The number of fused-ring (bicyclic) bond motifs is 1. The molecule has 0 amide bonds. The summed E-state index contributed by atoms with van der Waals surface area (Å²) in [6, 6.07) is 0. The van der Waals surface area contributed by atoms with Gasteiger partial charge in [0.25, 0.3) is 6.43 Å². The van der Waals surface area contributed by atoms with E-state index in [1.54, 1.807) is 0 Å². The van der Waals surface area contributed by atoms with Crippen molar-refractivity contribution in [2.45, 2.75) is 50.4 Å². The van der Waals surface area contributed by atoms with Crippen molar-refractivity contribution >= 4 is 25.2 Å². The van der Waals surface area contributed by atoms with E-state index in [0.29, 0.717) is 4.57 Å². The van der Waals surface area contributed by atoms with Gasteiger partial charge in [-0.3, -0.25) is 18.1 Å². The van der Waals surface area contributed by atoms with Crippen molar-refractivity contribution in [2.24, 2.45) is 0 Å². The Morgan fingerprint density at radius 1 is 1.56 bits per heavy atom. The third-order valence-corrected chi connectivity index (χ3v) is 5.93. The fourth-order valence-electron chi connectivity index (χ4n) is 2.83. The van der Waals surface area contributed by atoms with Gasteiger partial charge in [-0.25, -0.2) is 18.1 Å². The summed E-state index contributed by atoms with van der Waals surface area (Å²) in [6.45, 7) is 2.18. The van der Waals surface area contributed by atoms with Crippen LogP contribution in [0.25, 0.3) is 0 Å². The molecule has 1 aromatic heterocycles. The molecule has 0 spiro atoms. The van der Waals surface area contributed by atoms with E-state index in [2.05, 4.69) is 4.98 Å². The van der Waals surface area contributed by atoms with Crippen LogP contribution >= 0.6 is 19.4 Å². The smallest absolute Gasteiger partial charge is 0.386 e. The molecule has 3 N–H and O–H groups in total. The number of aliphatic hydroxyl groups is 1. The minimum Gasteiger partial charge on any atom is -0.386 e. The monoisotopic (exact) mass is 431 g/mol. The van der Waals surface area contributed by atoms with Gasteiger partial charge in [-0.05, 0) is 13.8 Å². The van der Waals surface area contributed by atoms with E-state index >= 15 is 0 Å². The Balaban J connectivity index is 2.00. The third kappa shape index (κ3) is 3.51. The van der Waals surface area contributed by atoms with Crippen LogP contribution in [-0.2, 0) is 22.9 Å². The molecule has 0 bridgehead atoms. The first-order valence-electron chi connectivity index (χ1n) is 7.78. The first kappa shape index (κ1) is 20.6. The van der Waals surface area contributed by atoms with Crippen molar-refractivity contribution in [2.75, 3.05) is 12.3 Å². The van der Waals surface area contributed by atoms with Crippen LogP contribution in [0, 0.1) is 0 Å². The molecule has 3 heterocycles. The van der Waals surface area contributed by atoms with Gasteiger partial charge in [-0.15, -0.1) is 0 Å². The third-order valence-electron chi connectivity index (χ3n) is 4.03. The van der Waals surface area contributed by atoms with E-state index in [1.165, 1.54) is 13.8 Å². The number of nitrogens with two attached hydrogens (primary N) is 1. The van der Waals surface area contributed by atoms with Crippen molar-refractivity contribution in [3.63, 3.8) is 0 Å². The lowest BCUT2D eigenvalue weighted by Crippen LogP contribution is -2.56. The molecule has 152 valence electrons. The van der Waals surface area contributed by atoms with Crippen LogP contribution < -0.4 is 11.4 Å². The fourth-order valence-corrected chi connectivity index (χ4v) is 4.61. The molecule has 0 aliphatic carbocycles. The number of phosphoric acid groups is 1. The zero-order valence-electron chi connectivity index (χ0n) is 14.1. The van der Waals surface area contributed by atoms with Crippen LogP contribution in [0.15, 0.2) is 11.0 Å². The summed E-state index contributed by atoms with van der Waals surface area (Å²) in [7, 11) is -4.23. The van der Waals surface area contributed by atoms with E-state index in [9.17, 15) is 23.2 Å². The molecule has 2 aliphatic heterocycles. The number of hydrogen-bond acceptors (Lipinski definition) is 9. The highest BCUT2D eigenvalue weighted by Crippen LogP contribution is 2.61. The second kappa shape index (κ2) is 7.03. The molecule has 1 aromatic rings. The van der Waals surface area contributed by atoms with E-state index in [1.807, 2.05) is 0 Å². The highest BCUT2D eigenvalue weighted by Gasteiger charge is 2.67. The lowest BCUT2D eigenvalue weighted by atomic mass is 9.96. The minimum absolute atomic E-state index is 0.155. The van der Waals surface area contributed by atoms with Crippen molar-refractivity contribution in [3.05, 3.63) is 21.7 Å². The molecule has 3 rings (SSSR count). The number of aromatic nitrogens is 2. The first-order valence-corrected chi connectivity index (χ1v) is 9.62. The molecule has 2 fully saturated rings. The number of nitrogen functional groups attached to an aromatic ring is 1. The van der Waals surface area contributed by atoms with Gasteiger partial charge < -0.3 is 15.6 Å². The Labute approximate surface area is 156 Å². The first-order chi connectivity index (χ1) is 12.5. The average molecular weight is 432 g/mol. The topological polar surface area (TPSA) is 135 Å². The Morgan fingerprint density at radius 3 is 2.81 bits per heavy atom. The Hall–Kier alpha value is -1.14. The highest BCUT2D eigenvalue weighted by atomic mass is 35.5. The number of phosphoric ester groups is 1. The summed E-state index contributed by atoms with van der Waals surface area (Å²) in [4.78, 5) is 15.5. The summed E-state index contributed by atoms with van der Waals surface area (Å²) in [5, 5.41) is 10.4. The van der Waals surface area contributed by atoms with Gasteiger partial charge in [0, 0.05) is 6.20 Å². The predicted octanol–water partition coefficient (Wildman–Crippen LogP) is 1.32. The minimum atomic E-state index is -4.23. The van der Waals surface area contributed by atoms with Crippen LogP contribution in [0.2, 0.25) is 5.02 Å². The molecule has 5 atom stereocenters. The van der Waals surface area contributed by atoms with Crippen LogP contribution in [0.3, 0.4) is 0 Å². The van der Waals surface area contributed by atoms with Crippen molar-refractivity contribution in [1.82, 2.24) is 9.55 Å². The molecule has 0 saturated carbocycles. The standard InChI is InChI=1S/C13H17ClF2N3O7P/c1-5(2)25-27(22)23-4-13(11(15)16)8(26-27)7(20)10(24-13)19-3-6(14)9(17)18-12(19)21/h3,5,7-8,10-11,20H,4H2,1-2H3,(H2,17,18,21). The summed E-state index contributed by atoms with van der Waals surface area (Å²) >= 11 is 5.81. The molecule has 2 aliphatic rings. The predicted molar refractivity (Wildman–Crippen MR) is 87.4 cm³/mol. The van der Waals surface area contributed by atoms with Crippen LogP contribution in [0.4, 0.5) is 14.6 Å². The number of anilines is 1. The zero-order chi connectivity index (χ0) is 20.1. The second-order valence-corrected chi connectivity index (χ2v) is 8.30. The highest BCUT2D eigenvalue weighted by molar-refractivity contribution is 7.48. The van der Waals surface area contributed by atoms with Gasteiger partial charge >= 0.3 is 13.5 Å². The lowest BCUT2D eigenvalue weighted by molar-refractivity contribution is -0.208. The molecule has 2 saturated heterocycles. The summed E-state index contributed by atoms with van der Waals surface area (Å²) in [5.74, 6) is -0.277. The maximum Gasteiger partial charge on any atom is 0.475 e. The molecule has 0 radical (unpaired) electrons. The maximum atomic E-state index is 13.8. The number of aliphatic hydroxyl groups excluding tert-OH is 1. The summed E-state index contributed by atoms with van der Waals surface area (Å²) in [6.07, 6.45) is -8.11. The van der Waals surface area contributed by atoms with Gasteiger partial charge in [0.2, 0.25) is 0 Å². The molecule has 5 unspecified atom stereocenters. The largest absolute Gasteiger partial charge is 0.475 e. The van der Waals surface area contributed by atoms with E-state index < -0.39 is 56.7 Å². The Kier molecular flexibility index (Phi) is 5.36. The van der Waals surface area contributed by atoms with Gasteiger partial charge in [-0.1, -0.05) is 11.6 Å². The lowest BCUT2D eigenvalue weighted by Gasteiger charge is -2.39. The molecular formula is C13H17ClF2N3O7P. The number of alkyl halides is 2. The maximum absolute atomic E-state index is 13.8. The summed E-state index contributed by atoms with van der Waals surface area (Å²) < 4.78 is 61.2. The van der Waals surface area contributed by atoms with Crippen LogP contribution in [0.1, 0.15) is 20.1 Å². The van der Waals surface area contributed by atoms with Crippen molar-refractivity contribution < 1.29 is 36.8 Å². The molecule has 14 heteroatoms. The SMILES string of the molecule is CC(C)OP1(=O)OCC2(C(F)F)OC(n3cc(Cl)c(N)nc3=O)C(O)C2O1. The van der Waals surface area contributed by atoms with Crippen LogP contribution in [0.5, 0.6) is 0 Å². The Morgan fingerprint density at radius 2 is 2.22 bits per heavy atom. The second-order valence-electron chi connectivity index (χ2n) is 6.32. The number of rotatable bonds is 4. The van der Waals surface area contributed by atoms with Gasteiger partial charge in [0.05, 0.1) is 17.7 Å². The average Bonchev–Trinajstić information content (AvgIpc) is 2.84. The summed E-state index contributed by atoms with van der Waals surface area (Å²) in [5.41, 5.74) is 1.94. The molecule has 0 aromatic carbocycles. The van der Waals surface area contributed by atoms with Crippen molar-refractivity contribution in [1.29, 1.82) is 0 Å². The number of hydrogen-bond donors (Lipinski definition) is 2. The van der Waals surface area contributed by atoms with Crippen molar-refractivity contribution in [3.8, 4) is 0 Å². The van der Waals surface area contributed by atoms with Gasteiger partial charge in [-0.2, -0.15) is 4.98 Å². The molecule has 27 heavy (non-hydrogen) atoms. The van der Waals surface area contributed by atoms with Crippen LogP contribution in [-0.4, -0.2) is 51.6 Å². The van der Waals surface area contributed by atoms with E-state index in [4.69, 9.17) is 35.6 Å². The number of halogens is 3. The quantitative estimate of drug-likeness (QED) is 0.676. The van der Waals surface area contributed by atoms with Gasteiger partial charge in [0.15, 0.2) is 11.8 Å². The normalized spacial score (nSPS) is 36.4. The zero-order valence-corrected chi connectivity index (χ0v) is 15.8. The fraction of sp³-hybridized carbons (Fsp3) is 0.692. The van der Waals surface area contributed by atoms with E-state index in [0.717, 1.165) is 6.20 Å². The number of nitrogens with zero attached hydrogens (tertiary/aromatic N) is 2. The molecule has 10 nitrogen and oxygen atoms in total. The van der Waals surface area contributed by atoms with E-state index in [-0.39, 0.29) is 10.8 Å². The Bertz CT molecular complexity index is 841. The molecular weight excluding hydrogens is 415 g/mol. The van der Waals surface area contributed by atoms with Gasteiger partial charge in [0.1, 0.15) is 18.0 Å².